The molecule has 136 valence electrons. The number of esters is 1. The van der Waals surface area contributed by atoms with Gasteiger partial charge in [0.15, 0.2) is 0 Å². The molecule has 0 aliphatic rings. The average Bonchev–Trinajstić information content (AvgIpc) is 2.72. The van der Waals surface area contributed by atoms with Gasteiger partial charge in [0, 0.05) is 5.69 Å². The molecule has 1 amide bonds. The normalized spacial score (nSPS) is 10.1. The quantitative estimate of drug-likeness (QED) is 0.641. The second-order valence-corrected chi connectivity index (χ2v) is 5.83. The first kappa shape index (κ1) is 18.2. The van der Waals surface area contributed by atoms with E-state index in [2.05, 4.69) is 5.32 Å². The minimum Gasteiger partial charge on any atom is -0.457 e. The first-order chi connectivity index (χ1) is 13.2. The zero-order valence-electron chi connectivity index (χ0n) is 14.6. The maximum Gasteiger partial charge on any atom is 0.411 e. The van der Waals surface area contributed by atoms with Crippen molar-refractivity contribution < 1.29 is 19.1 Å². The number of carbonyl (C=O) groups excluding carboxylic acids is 2. The number of amides is 1. The minimum atomic E-state index is -0.557. The van der Waals surface area contributed by atoms with Crippen LogP contribution in [0.2, 0.25) is 0 Å². The van der Waals surface area contributed by atoms with Crippen LogP contribution in [-0.2, 0) is 22.7 Å². The van der Waals surface area contributed by atoms with Gasteiger partial charge in [0.2, 0.25) is 0 Å². The Kier molecular flexibility index (Phi) is 6.20. The Morgan fingerprint density at radius 1 is 0.667 bits per heavy atom. The molecule has 0 radical (unpaired) electrons. The third-order valence-electron chi connectivity index (χ3n) is 3.79. The summed E-state index contributed by atoms with van der Waals surface area (Å²) in [5.74, 6) is -0.419. The van der Waals surface area contributed by atoms with Crippen LogP contribution in [0.1, 0.15) is 21.5 Å². The van der Waals surface area contributed by atoms with Crippen molar-refractivity contribution >= 4 is 17.7 Å². The van der Waals surface area contributed by atoms with E-state index in [1.165, 1.54) is 0 Å². The van der Waals surface area contributed by atoms with E-state index in [-0.39, 0.29) is 13.2 Å². The summed E-state index contributed by atoms with van der Waals surface area (Å²) in [6, 6.07) is 25.3. The minimum absolute atomic E-state index is 0.191. The fourth-order valence-electron chi connectivity index (χ4n) is 2.37. The zero-order valence-corrected chi connectivity index (χ0v) is 14.6. The lowest BCUT2D eigenvalue weighted by Crippen LogP contribution is -2.13. The van der Waals surface area contributed by atoms with Crippen LogP contribution in [0.15, 0.2) is 84.9 Å². The second kappa shape index (κ2) is 9.20. The van der Waals surface area contributed by atoms with Gasteiger partial charge in [-0.1, -0.05) is 60.7 Å². The number of hydrogen-bond acceptors (Lipinski definition) is 4. The number of carbonyl (C=O) groups is 2. The summed E-state index contributed by atoms with van der Waals surface area (Å²) in [5.41, 5.74) is 2.77. The predicted octanol–water partition coefficient (Wildman–Crippen LogP) is 4.79. The van der Waals surface area contributed by atoms with E-state index in [1.54, 1.807) is 24.3 Å². The summed E-state index contributed by atoms with van der Waals surface area (Å²) in [4.78, 5) is 23.9. The van der Waals surface area contributed by atoms with Gasteiger partial charge in [-0.15, -0.1) is 0 Å². The van der Waals surface area contributed by atoms with Crippen LogP contribution >= 0.6 is 0 Å². The summed E-state index contributed by atoms with van der Waals surface area (Å²) < 4.78 is 10.4. The lowest BCUT2D eigenvalue weighted by atomic mass is 10.2. The maximum absolute atomic E-state index is 12.1. The molecule has 0 saturated heterocycles. The number of nitrogens with one attached hydrogen (secondary N) is 1. The Hall–Kier alpha value is -3.60. The van der Waals surface area contributed by atoms with E-state index in [1.807, 2.05) is 60.7 Å². The van der Waals surface area contributed by atoms with Gasteiger partial charge in [0.25, 0.3) is 0 Å². The van der Waals surface area contributed by atoms with Gasteiger partial charge >= 0.3 is 12.1 Å². The highest BCUT2D eigenvalue weighted by atomic mass is 16.5. The van der Waals surface area contributed by atoms with E-state index >= 15 is 0 Å². The van der Waals surface area contributed by atoms with Crippen LogP contribution in [0.4, 0.5) is 10.5 Å². The molecule has 0 saturated carbocycles. The molecule has 27 heavy (non-hydrogen) atoms. The highest BCUT2D eigenvalue weighted by molar-refractivity contribution is 5.91. The number of ether oxygens (including phenoxy) is 2. The van der Waals surface area contributed by atoms with E-state index in [0.717, 1.165) is 11.1 Å². The van der Waals surface area contributed by atoms with Crippen LogP contribution in [0.5, 0.6) is 0 Å². The molecule has 0 aliphatic heterocycles. The maximum atomic E-state index is 12.1. The lowest BCUT2D eigenvalue weighted by Gasteiger charge is -2.08. The van der Waals surface area contributed by atoms with Crippen molar-refractivity contribution in [2.75, 3.05) is 5.32 Å². The molecule has 5 nitrogen and oxygen atoms in total. The van der Waals surface area contributed by atoms with E-state index < -0.39 is 12.1 Å². The highest BCUT2D eigenvalue weighted by Gasteiger charge is 2.09. The van der Waals surface area contributed by atoms with Crippen LogP contribution in [0.25, 0.3) is 0 Å². The molecule has 0 bridgehead atoms. The molecule has 0 unspecified atom stereocenters. The molecule has 0 aromatic heterocycles. The highest BCUT2D eigenvalue weighted by Crippen LogP contribution is 2.12. The molecule has 0 fully saturated rings. The van der Waals surface area contributed by atoms with Gasteiger partial charge < -0.3 is 9.47 Å². The molecular formula is C22H19NO4. The van der Waals surface area contributed by atoms with Gasteiger partial charge in [-0.25, -0.2) is 9.59 Å². The van der Waals surface area contributed by atoms with Crippen molar-refractivity contribution in [3.05, 3.63) is 102 Å². The first-order valence-corrected chi connectivity index (χ1v) is 8.49. The van der Waals surface area contributed by atoms with Gasteiger partial charge in [0.05, 0.1) is 5.56 Å². The smallest absolute Gasteiger partial charge is 0.411 e. The van der Waals surface area contributed by atoms with Crippen molar-refractivity contribution in [3.63, 3.8) is 0 Å². The van der Waals surface area contributed by atoms with Crippen LogP contribution in [-0.4, -0.2) is 12.1 Å². The fraction of sp³-hybridized carbons (Fsp3) is 0.0909. The summed E-state index contributed by atoms with van der Waals surface area (Å²) >= 11 is 0. The Labute approximate surface area is 157 Å². The Bertz CT molecular complexity index is 877. The standard InChI is InChI=1S/C22H19NO4/c24-21(26-15-17-7-3-1-4-8-17)19-11-13-20(14-12-19)23-22(25)27-16-18-9-5-2-6-10-18/h1-14H,15-16H2,(H,23,25). The van der Waals surface area contributed by atoms with E-state index in [4.69, 9.17) is 9.47 Å². The molecule has 0 aliphatic carbocycles. The van der Waals surface area contributed by atoms with Crippen molar-refractivity contribution in [2.45, 2.75) is 13.2 Å². The van der Waals surface area contributed by atoms with Crippen molar-refractivity contribution in [3.8, 4) is 0 Å². The van der Waals surface area contributed by atoms with Crippen molar-refractivity contribution in [2.24, 2.45) is 0 Å². The Morgan fingerprint density at radius 3 is 1.74 bits per heavy atom. The third-order valence-corrected chi connectivity index (χ3v) is 3.79. The SMILES string of the molecule is O=C(Nc1ccc(C(=O)OCc2ccccc2)cc1)OCc1ccccc1. The van der Waals surface area contributed by atoms with Gasteiger partial charge in [-0.2, -0.15) is 0 Å². The second-order valence-electron chi connectivity index (χ2n) is 5.83. The van der Waals surface area contributed by atoms with Crippen LogP contribution in [0.3, 0.4) is 0 Å². The largest absolute Gasteiger partial charge is 0.457 e. The van der Waals surface area contributed by atoms with Crippen LogP contribution in [0, 0.1) is 0 Å². The molecule has 3 aromatic carbocycles. The van der Waals surface area contributed by atoms with Gasteiger partial charge in [-0.3, -0.25) is 5.32 Å². The average molecular weight is 361 g/mol. The summed E-state index contributed by atoms with van der Waals surface area (Å²) in [6.45, 7) is 0.405. The predicted molar refractivity (Wildman–Crippen MR) is 102 cm³/mol. The Balaban J connectivity index is 1.47. The monoisotopic (exact) mass is 361 g/mol. The zero-order chi connectivity index (χ0) is 18.9. The van der Waals surface area contributed by atoms with Gasteiger partial charge in [-0.05, 0) is 35.4 Å². The summed E-state index contributed by atoms with van der Waals surface area (Å²) in [5, 5.41) is 2.62. The van der Waals surface area contributed by atoms with Crippen molar-refractivity contribution in [1.29, 1.82) is 0 Å². The molecule has 3 aromatic rings. The molecule has 5 heteroatoms. The topological polar surface area (TPSA) is 64.6 Å². The van der Waals surface area contributed by atoms with Gasteiger partial charge in [0.1, 0.15) is 13.2 Å². The Morgan fingerprint density at radius 2 is 1.19 bits per heavy atom. The first-order valence-electron chi connectivity index (χ1n) is 8.49. The third kappa shape index (κ3) is 5.71. The molecule has 1 N–H and O–H groups in total. The van der Waals surface area contributed by atoms with E-state index in [9.17, 15) is 9.59 Å². The molecule has 0 atom stereocenters. The summed E-state index contributed by atoms with van der Waals surface area (Å²) in [6.07, 6.45) is -0.557. The molecule has 0 heterocycles. The number of benzene rings is 3. The molecule has 0 spiro atoms. The number of hydrogen-bond donors (Lipinski definition) is 1. The van der Waals surface area contributed by atoms with Crippen LogP contribution < -0.4 is 5.32 Å². The van der Waals surface area contributed by atoms with E-state index in [0.29, 0.717) is 11.3 Å². The number of anilines is 1. The lowest BCUT2D eigenvalue weighted by molar-refractivity contribution is 0.0472. The van der Waals surface area contributed by atoms with Crippen molar-refractivity contribution in [1.82, 2.24) is 0 Å². The summed E-state index contributed by atoms with van der Waals surface area (Å²) in [7, 11) is 0. The molecule has 3 rings (SSSR count). The fourth-order valence-corrected chi connectivity index (χ4v) is 2.37. The molecular weight excluding hydrogens is 342 g/mol. The number of rotatable bonds is 6.